The number of nitrogens with one attached hydrogen (secondary N) is 1. The number of para-hydroxylation sites is 1. The Kier molecular flexibility index (Phi) is 6.57. The van der Waals surface area contributed by atoms with E-state index in [0.29, 0.717) is 45.7 Å². The van der Waals surface area contributed by atoms with Gasteiger partial charge in [0.2, 0.25) is 5.91 Å². The molecule has 2 aliphatic carbocycles. The lowest BCUT2D eigenvalue weighted by Gasteiger charge is -2.42. The van der Waals surface area contributed by atoms with Gasteiger partial charge in [-0.15, -0.1) is 0 Å². The Bertz CT molecular complexity index is 1290. The first-order valence-corrected chi connectivity index (χ1v) is 14.0. The zero-order valence-corrected chi connectivity index (χ0v) is 22.7. The summed E-state index contributed by atoms with van der Waals surface area (Å²) in [6.07, 6.45) is 2.36. The number of hydrogen-bond donors (Lipinski definition) is 1. The first-order valence-electron chi connectivity index (χ1n) is 14.0. The van der Waals surface area contributed by atoms with Crippen molar-refractivity contribution < 1.29 is 19.1 Å². The second kappa shape index (κ2) is 10.1. The Morgan fingerprint density at radius 3 is 2.18 bits per heavy atom. The third kappa shape index (κ3) is 5.12. The van der Waals surface area contributed by atoms with Gasteiger partial charge in [0, 0.05) is 50.9 Å². The molecule has 6 rings (SSSR count). The monoisotopic (exact) mass is 528 g/mol. The molecule has 1 N–H and O–H groups in total. The Hall–Kier alpha value is -3.81. The molecular formula is C31H36N4O4. The molecule has 2 heterocycles. The van der Waals surface area contributed by atoms with E-state index in [4.69, 9.17) is 4.74 Å². The first-order chi connectivity index (χ1) is 18.9. The zero-order valence-electron chi connectivity index (χ0n) is 22.7. The van der Waals surface area contributed by atoms with Gasteiger partial charge in [0.25, 0.3) is 0 Å². The second-order valence-electron chi connectivity index (χ2n) is 11.3. The highest BCUT2D eigenvalue weighted by Gasteiger charge is 2.64. The molecule has 204 valence electrons. The van der Waals surface area contributed by atoms with E-state index in [-0.39, 0.29) is 29.9 Å². The summed E-state index contributed by atoms with van der Waals surface area (Å²) < 4.78 is 5.69. The Balaban J connectivity index is 1.11. The van der Waals surface area contributed by atoms with E-state index in [1.807, 2.05) is 42.2 Å². The number of ether oxygens (including phenoxy) is 1. The number of aryl methyl sites for hydroxylation is 1. The van der Waals surface area contributed by atoms with E-state index in [1.165, 1.54) is 16.7 Å². The maximum atomic E-state index is 13.7. The molecule has 2 unspecified atom stereocenters. The Labute approximate surface area is 229 Å². The topological polar surface area (TPSA) is 82.2 Å². The summed E-state index contributed by atoms with van der Waals surface area (Å²) in [5.41, 5.74) is 5.28. The molecule has 8 nitrogen and oxygen atoms in total. The Morgan fingerprint density at radius 2 is 1.56 bits per heavy atom. The van der Waals surface area contributed by atoms with Gasteiger partial charge in [-0.2, -0.15) is 0 Å². The number of piperidine rings is 1. The SMILES string of the molecule is CCc1ccc(C2CC(C(=O)Nc3ccccc3)CN(C(=O)N3CCN(C(=O)OC4(C)C5=C4C5)CC3)C2)cc1. The van der Waals surface area contributed by atoms with E-state index in [2.05, 4.69) is 36.5 Å². The molecule has 4 aliphatic rings. The van der Waals surface area contributed by atoms with Crippen LogP contribution in [0.25, 0.3) is 0 Å². The molecule has 0 spiro atoms. The molecule has 2 aliphatic heterocycles. The fraction of sp³-hybridized carbons (Fsp3) is 0.452. The molecule has 2 saturated heterocycles. The van der Waals surface area contributed by atoms with Crippen molar-refractivity contribution in [2.75, 3.05) is 44.6 Å². The first kappa shape index (κ1) is 25.5. The highest BCUT2D eigenvalue weighted by atomic mass is 16.6. The predicted molar refractivity (Wildman–Crippen MR) is 148 cm³/mol. The average Bonchev–Trinajstić information content (AvgIpc) is 3.90. The number of carbonyl (C=O) groups is 3. The van der Waals surface area contributed by atoms with E-state index >= 15 is 0 Å². The molecular weight excluding hydrogens is 492 g/mol. The fourth-order valence-corrected chi connectivity index (χ4v) is 5.97. The maximum absolute atomic E-state index is 13.7. The molecule has 0 bridgehead atoms. The van der Waals surface area contributed by atoms with Crippen LogP contribution in [0.5, 0.6) is 0 Å². The minimum atomic E-state index is -0.419. The van der Waals surface area contributed by atoms with Crippen molar-refractivity contribution in [1.82, 2.24) is 14.7 Å². The van der Waals surface area contributed by atoms with Gasteiger partial charge in [0.1, 0.15) is 0 Å². The minimum Gasteiger partial charge on any atom is -0.434 e. The minimum absolute atomic E-state index is 0.0659. The molecule has 39 heavy (non-hydrogen) atoms. The highest BCUT2D eigenvalue weighted by molar-refractivity contribution is 5.93. The largest absolute Gasteiger partial charge is 0.434 e. The molecule has 0 aromatic heterocycles. The average molecular weight is 529 g/mol. The van der Waals surface area contributed by atoms with Crippen LogP contribution in [0.4, 0.5) is 15.3 Å². The normalized spacial score (nSPS) is 23.2. The molecule has 8 heteroatoms. The van der Waals surface area contributed by atoms with Gasteiger partial charge in [0.15, 0.2) is 5.60 Å². The smallest absolute Gasteiger partial charge is 0.411 e. The third-order valence-electron chi connectivity index (χ3n) is 8.77. The summed E-state index contributed by atoms with van der Waals surface area (Å²) in [5, 5.41) is 3.04. The summed E-state index contributed by atoms with van der Waals surface area (Å²) in [5.74, 6) is -0.323. The number of hydrogen-bond acceptors (Lipinski definition) is 4. The zero-order chi connectivity index (χ0) is 27.1. The van der Waals surface area contributed by atoms with E-state index < -0.39 is 5.60 Å². The van der Waals surface area contributed by atoms with Gasteiger partial charge in [0.05, 0.1) is 5.92 Å². The quantitative estimate of drug-likeness (QED) is 0.574. The molecule has 4 amide bonds. The van der Waals surface area contributed by atoms with Crippen molar-refractivity contribution in [2.45, 2.75) is 44.6 Å². The lowest BCUT2D eigenvalue weighted by molar-refractivity contribution is -0.121. The number of urea groups is 1. The van der Waals surface area contributed by atoms with E-state index in [0.717, 1.165) is 24.1 Å². The summed E-state index contributed by atoms with van der Waals surface area (Å²) in [7, 11) is 0. The number of amides is 4. The molecule has 0 saturated carbocycles. The van der Waals surface area contributed by atoms with Gasteiger partial charge < -0.3 is 24.8 Å². The maximum Gasteiger partial charge on any atom is 0.411 e. The standard InChI is InChI=1S/C31H36N4O4/c1-3-21-9-11-22(12-10-21)23-17-24(28(36)32-25-7-5-4-6-8-25)20-35(19-23)29(37)33-13-15-34(16-14-33)30(38)39-31(2)26-18-27(26)31/h4-12,23-24H,3,13-20H2,1-2H3,(H,32,36). The Morgan fingerprint density at radius 1 is 0.897 bits per heavy atom. The number of likely N-dealkylation sites (tertiary alicyclic amines) is 1. The van der Waals surface area contributed by atoms with Crippen molar-refractivity contribution in [3.63, 3.8) is 0 Å². The number of piperazine rings is 1. The summed E-state index contributed by atoms with van der Waals surface area (Å²) in [4.78, 5) is 45.0. The van der Waals surface area contributed by atoms with Gasteiger partial charge >= 0.3 is 12.1 Å². The molecule has 2 aromatic carbocycles. The van der Waals surface area contributed by atoms with Crippen LogP contribution in [0, 0.1) is 5.92 Å². The molecule has 2 fully saturated rings. The van der Waals surface area contributed by atoms with Gasteiger partial charge in [-0.3, -0.25) is 4.79 Å². The second-order valence-corrected chi connectivity index (χ2v) is 11.3. The van der Waals surface area contributed by atoms with Gasteiger partial charge in [-0.25, -0.2) is 9.59 Å². The fourth-order valence-electron chi connectivity index (χ4n) is 5.97. The highest BCUT2D eigenvalue weighted by Crippen LogP contribution is 2.65. The third-order valence-corrected chi connectivity index (χ3v) is 8.77. The molecule has 0 radical (unpaired) electrons. The predicted octanol–water partition coefficient (Wildman–Crippen LogP) is 4.64. The van der Waals surface area contributed by atoms with Crippen molar-refractivity contribution in [1.29, 1.82) is 0 Å². The van der Waals surface area contributed by atoms with Crippen LogP contribution in [0.2, 0.25) is 0 Å². The van der Waals surface area contributed by atoms with Gasteiger partial charge in [-0.1, -0.05) is 49.4 Å². The lowest BCUT2D eigenvalue weighted by Crippen LogP contribution is -2.57. The van der Waals surface area contributed by atoms with Gasteiger partial charge in [-0.05, 0) is 60.6 Å². The summed E-state index contributed by atoms with van der Waals surface area (Å²) >= 11 is 0. The van der Waals surface area contributed by atoms with Crippen LogP contribution in [-0.2, 0) is 16.0 Å². The summed E-state index contributed by atoms with van der Waals surface area (Å²) in [6.45, 7) is 6.81. The van der Waals surface area contributed by atoms with E-state index in [9.17, 15) is 14.4 Å². The number of nitrogens with zero attached hydrogens (tertiary/aromatic N) is 3. The summed E-state index contributed by atoms with van der Waals surface area (Å²) in [6, 6.07) is 17.9. The molecule has 2 aromatic rings. The van der Waals surface area contributed by atoms with Crippen molar-refractivity contribution in [3.8, 4) is 0 Å². The van der Waals surface area contributed by atoms with Crippen LogP contribution in [-0.4, -0.2) is 77.6 Å². The van der Waals surface area contributed by atoms with Crippen LogP contribution in [0.3, 0.4) is 0 Å². The van der Waals surface area contributed by atoms with Crippen molar-refractivity contribution >= 4 is 23.7 Å². The van der Waals surface area contributed by atoms with Crippen LogP contribution >= 0.6 is 0 Å². The van der Waals surface area contributed by atoms with Crippen LogP contribution < -0.4 is 5.32 Å². The van der Waals surface area contributed by atoms with Crippen LogP contribution in [0.15, 0.2) is 65.7 Å². The number of rotatable bonds is 5. The molecule has 2 atom stereocenters. The van der Waals surface area contributed by atoms with Crippen LogP contribution in [0.1, 0.15) is 43.7 Å². The number of benzene rings is 2. The van der Waals surface area contributed by atoms with E-state index in [1.54, 1.807) is 9.80 Å². The lowest BCUT2D eigenvalue weighted by atomic mass is 9.83. The van der Waals surface area contributed by atoms with Crippen molar-refractivity contribution in [3.05, 3.63) is 76.9 Å². The number of carbonyl (C=O) groups excluding carboxylic acids is 3. The number of anilines is 1. The van der Waals surface area contributed by atoms with Crippen molar-refractivity contribution in [2.24, 2.45) is 5.92 Å².